The van der Waals surface area contributed by atoms with Crippen molar-refractivity contribution in [1.82, 2.24) is 10.2 Å². The Morgan fingerprint density at radius 2 is 1.36 bits per heavy atom. The van der Waals surface area contributed by atoms with Gasteiger partial charge in [0.2, 0.25) is 5.91 Å². The smallest absolute Gasteiger partial charge is 0.369 e. The summed E-state index contributed by atoms with van der Waals surface area (Å²) in [6.07, 6.45) is -6.00. The zero-order valence-electron chi connectivity index (χ0n) is 24.6. The summed E-state index contributed by atoms with van der Waals surface area (Å²) in [6, 6.07) is 19.8. The Hall–Kier alpha value is -3.53. The molecule has 0 spiro atoms. The van der Waals surface area contributed by atoms with Crippen LogP contribution >= 0.6 is 0 Å². The molecular formula is C34H37F6N3O. The Bertz CT molecular complexity index is 1380. The van der Waals surface area contributed by atoms with E-state index in [1.54, 1.807) is 0 Å². The molecule has 3 aromatic carbocycles. The van der Waals surface area contributed by atoms with Crippen LogP contribution in [0.3, 0.4) is 0 Å². The number of halogens is 6. The molecule has 4 nitrogen and oxygen atoms in total. The van der Waals surface area contributed by atoms with Crippen LogP contribution in [0, 0.1) is 0 Å². The van der Waals surface area contributed by atoms with E-state index in [2.05, 4.69) is 27.2 Å². The highest BCUT2D eigenvalue weighted by Crippen LogP contribution is 2.40. The minimum atomic E-state index is -4.98. The second kappa shape index (κ2) is 12.8. The third-order valence-electron chi connectivity index (χ3n) is 8.98. The van der Waals surface area contributed by atoms with Gasteiger partial charge in [0, 0.05) is 38.4 Å². The first-order chi connectivity index (χ1) is 20.8. The number of piperazine rings is 1. The molecule has 44 heavy (non-hydrogen) atoms. The number of nitrogens with zero attached hydrogens (tertiary/aromatic N) is 2. The van der Waals surface area contributed by atoms with E-state index in [0.29, 0.717) is 25.0 Å². The summed E-state index contributed by atoms with van der Waals surface area (Å²) in [5.74, 6) is -1.82. The van der Waals surface area contributed by atoms with Crippen molar-refractivity contribution in [2.24, 2.45) is 0 Å². The minimum Gasteiger partial charge on any atom is -0.369 e. The maximum Gasteiger partial charge on any atom is 0.416 e. The first-order valence-corrected chi connectivity index (χ1v) is 15.1. The van der Waals surface area contributed by atoms with Crippen molar-refractivity contribution in [1.29, 1.82) is 0 Å². The SMILES string of the molecule is C[C@H](C(=O)NC1(c2ccc(N3CCN(Cc4ccccc4)CC3)cc2)CCCCC1)c1cc(C(F)(F)F)cc(C(F)(F)F)c1. The van der Waals surface area contributed by atoms with Crippen molar-refractivity contribution in [3.63, 3.8) is 0 Å². The van der Waals surface area contributed by atoms with Gasteiger partial charge in [-0.15, -0.1) is 0 Å². The van der Waals surface area contributed by atoms with Crippen LogP contribution < -0.4 is 10.2 Å². The van der Waals surface area contributed by atoms with Gasteiger partial charge in [-0.05, 0) is 66.8 Å². The first kappa shape index (κ1) is 31.9. The highest BCUT2D eigenvalue weighted by Gasteiger charge is 2.40. The van der Waals surface area contributed by atoms with Crippen LogP contribution in [0.25, 0.3) is 0 Å². The summed E-state index contributed by atoms with van der Waals surface area (Å²) in [4.78, 5) is 18.3. The standard InChI is InChI=1S/C34H37F6N3O/c1-24(26-20-28(33(35,36)37)22-29(21-26)34(38,39)40)31(44)41-32(14-6-3-7-15-32)27-10-12-30(13-11-27)43-18-16-42(17-19-43)23-25-8-4-2-5-9-25/h2,4-5,8-13,20-22,24H,3,6-7,14-19,23H2,1H3,(H,41,44)/t24-/m0/s1. The average Bonchev–Trinajstić information content (AvgIpc) is 3.01. The maximum atomic E-state index is 13.5. The predicted molar refractivity (Wildman–Crippen MR) is 158 cm³/mol. The van der Waals surface area contributed by atoms with Gasteiger partial charge in [-0.2, -0.15) is 26.3 Å². The Morgan fingerprint density at radius 1 is 0.795 bits per heavy atom. The number of rotatable bonds is 7. The van der Waals surface area contributed by atoms with Crippen LogP contribution in [0.2, 0.25) is 0 Å². The maximum absolute atomic E-state index is 13.5. The van der Waals surface area contributed by atoms with E-state index >= 15 is 0 Å². The van der Waals surface area contributed by atoms with E-state index in [1.165, 1.54) is 12.5 Å². The molecule has 5 rings (SSSR count). The van der Waals surface area contributed by atoms with E-state index in [0.717, 1.165) is 63.2 Å². The van der Waals surface area contributed by atoms with Crippen LogP contribution in [0.1, 0.15) is 72.8 Å². The summed E-state index contributed by atoms with van der Waals surface area (Å²) < 4.78 is 80.7. The molecule has 1 saturated heterocycles. The van der Waals surface area contributed by atoms with Gasteiger partial charge in [0.05, 0.1) is 22.6 Å². The number of carbonyl (C=O) groups excluding carboxylic acids is 1. The van der Waals surface area contributed by atoms with Gasteiger partial charge in [0.15, 0.2) is 0 Å². The summed E-state index contributed by atoms with van der Waals surface area (Å²) in [5.41, 5.74) is -0.667. The van der Waals surface area contributed by atoms with E-state index in [4.69, 9.17) is 0 Å². The molecule has 1 N–H and O–H groups in total. The van der Waals surface area contributed by atoms with Crippen molar-refractivity contribution in [3.05, 3.63) is 101 Å². The second-order valence-corrected chi connectivity index (χ2v) is 12.0. The lowest BCUT2D eigenvalue weighted by Crippen LogP contribution is -2.48. The lowest BCUT2D eigenvalue weighted by molar-refractivity contribution is -0.143. The summed E-state index contributed by atoms with van der Waals surface area (Å²) in [6.45, 7) is 5.87. The fourth-order valence-corrected chi connectivity index (χ4v) is 6.36. The fraction of sp³-hybridized carbons (Fsp3) is 0.441. The van der Waals surface area contributed by atoms with Crippen LogP contribution in [0.4, 0.5) is 32.0 Å². The summed E-state index contributed by atoms with van der Waals surface area (Å²) in [7, 11) is 0. The Labute approximate surface area is 254 Å². The molecule has 3 aromatic rings. The lowest BCUT2D eigenvalue weighted by atomic mass is 9.76. The molecule has 1 heterocycles. The molecule has 1 atom stereocenters. The molecule has 10 heteroatoms. The fourth-order valence-electron chi connectivity index (χ4n) is 6.36. The molecule has 0 unspecified atom stereocenters. The molecule has 1 amide bonds. The largest absolute Gasteiger partial charge is 0.416 e. The number of alkyl halides is 6. The van der Waals surface area contributed by atoms with Gasteiger partial charge in [-0.3, -0.25) is 9.69 Å². The molecule has 236 valence electrons. The number of benzene rings is 3. The van der Waals surface area contributed by atoms with Crippen molar-refractivity contribution < 1.29 is 31.1 Å². The van der Waals surface area contributed by atoms with Crippen LogP contribution in [-0.2, 0) is 29.2 Å². The molecule has 0 bridgehead atoms. The topological polar surface area (TPSA) is 35.6 Å². The minimum absolute atomic E-state index is 0.0848. The van der Waals surface area contributed by atoms with E-state index in [1.807, 2.05) is 42.5 Å². The highest BCUT2D eigenvalue weighted by atomic mass is 19.4. The average molecular weight is 618 g/mol. The monoisotopic (exact) mass is 617 g/mol. The summed E-state index contributed by atoms with van der Waals surface area (Å²) in [5, 5.41) is 3.07. The van der Waals surface area contributed by atoms with E-state index in [-0.39, 0.29) is 11.6 Å². The van der Waals surface area contributed by atoms with Gasteiger partial charge in [-0.25, -0.2) is 0 Å². The van der Waals surface area contributed by atoms with Gasteiger partial charge in [0.25, 0.3) is 0 Å². The molecule has 2 fully saturated rings. The molecule has 1 aliphatic carbocycles. The third kappa shape index (κ3) is 7.39. The summed E-state index contributed by atoms with van der Waals surface area (Å²) >= 11 is 0. The Balaban J connectivity index is 1.30. The van der Waals surface area contributed by atoms with Crippen molar-refractivity contribution in [3.8, 4) is 0 Å². The van der Waals surface area contributed by atoms with Crippen LogP contribution in [0.5, 0.6) is 0 Å². The zero-order valence-corrected chi connectivity index (χ0v) is 24.6. The van der Waals surface area contributed by atoms with Gasteiger partial charge < -0.3 is 10.2 Å². The van der Waals surface area contributed by atoms with Crippen LogP contribution in [-0.4, -0.2) is 37.0 Å². The number of carbonyl (C=O) groups is 1. The second-order valence-electron chi connectivity index (χ2n) is 12.0. The highest BCUT2D eigenvalue weighted by molar-refractivity contribution is 5.84. The predicted octanol–water partition coefficient (Wildman–Crippen LogP) is 8.13. The van der Waals surface area contributed by atoms with Gasteiger partial charge >= 0.3 is 12.4 Å². The van der Waals surface area contributed by atoms with E-state index in [9.17, 15) is 31.1 Å². The number of anilines is 1. The van der Waals surface area contributed by atoms with E-state index < -0.39 is 40.8 Å². The Morgan fingerprint density at radius 3 is 1.91 bits per heavy atom. The number of hydrogen-bond acceptors (Lipinski definition) is 3. The zero-order chi connectivity index (χ0) is 31.5. The molecule has 2 aliphatic rings. The van der Waals surface area contributed by atoms with Crippen molar-refractivity contribution in [2.45, 2.75) is 69.4 Å². The number of nitrogens with one attached hydrogen (secondary N) is 1. The molecule has 0 aromatic heterocycles. The molecule has 1 aliphatic heterocycles. The van der Waals surface area contributed by atoms with Crippen LogP contribution in [0.15, 0.2) is 72.8 Å². The number of amides is 1. The first-order valence-electron chi connectivity index (χ1n) is 15.1. The molecular weight excluding hydrogens is 580 g/mol. The molecule has 1 saturated carbocycles. The van der Waals surface area contributed by atoms with Gasteiger partial charge in [0.1, 0.15) is 0 Å². The lowest BCUT2D eigenvalue weighted by Gasteiger charge is -2.40. The van der Waals surface area contributed by atoms with Crippen molar-refractivity contribution >= 4 is 11.6 Å². The Kier molecular flexibility index (Phi) is 9.30. The quantitative estimate of drug-likeness (QED) is 0.272. The normalized spacial score (nSPS) is 18.6. The van der Waals surface area contributed by atoms with Gasteiger partial charge in [-0.1, -0.05) is 61.7 Å². The molecule has 0 radical (unpaired) electrons. The number of hydrogen-bond donors (Lipinski definition) is 1. The van der Waals surface area contributed by atoms with Crippen molar-refractivity contribution in [2.75, 3.05) is 31.1 Å². The third-order valence-corrected chi connectivity index (χ3v) is 8.98.